The molecule has 98 valence electrons. The number of aryl methyl sites for hydroxylation is 1. The molecule has 0 saturated heterocycles. The van der Waals surface area contributed by atoms with Gasteiger partial charge in [-0.2, -0.15) is 0 Å². The van der Waals surface area contributed by atoms with Crippen molar-refractivity contribution in [1.29, 1.82) is 0 Å². The molecule has 0 atom stereocenters. The van der Waals surface area contributed by atoms with Crippen LogP contribution in [0.25, 0.3) is 0 Å². The average Bonchev–Trinajstić information content (AvgIpc) is 2.47. The van der Waals surface area contributed by atoms with Crippen LogP contribution in [0.15, 0.2) is 53.4 Å². The van der Waals surface area contributed by atoms with E-state index in [1.54, 1.807) is 11.8 Å². The van der Waals surface area contributed by atoms with Gasteiger partial charge in [-0.05, 0) is 48.6 Å². The standard InChI is InChI=1S/C17H18OS/c1-3-5-13-6-4-7-15(12-13)17(18)14-8-10-16(19-2)11-9-14/h4,6-12H,3,5H2,1-2H3. The molecule has 2 aromatic carbocycles. The summed E-state index contributed by atoms with van der Waals surface area (Å²) in [4.78, 5) is 13.6. The van der Waals surface area contributed by atoms with Gasteiger partial charge in [0.15, 0.2) is 5.78 Å². The number of ketones is 1. The molecule has 0 aromatic heterocycles. The van der Waals surface area contributed by atoms with E-state index >= 15 is 0 Å². The lowest BCUT2D eigenvalue weighted by atomic mass is 10.00. The maximum atomic E-state index is 12.4. The van der Waals surface area contributed by atoms with E-state index in [1.165, 1.54) is 10.5 Å². The smallest absolute Gasteiger partial charge is 0.193 e. The molecular formula is C17H18OS. The van der Waals surface area contributed by atoms with Crippen LogP contribution in [-0.2, 0) is 6.42 Å². The Morgan fingerprint density at radius 3 is 2.42 bits per heavy atom. The molecule has 0 fully saturated rings. The molecule has 0 radical (unpaired) electrons. The van der Waals surface area contributed by atoms with Crippen LogP contribution in [0.4, 0.5) is 0 Å². The third kappa shape index (κ3) is 3.48. The van der Waals surface area contributed by atoms with Crippen molar-refractivity contribution in [3.05, 3.63) is 65.2 Å². The van der Waals surface area contributed by atoms with E-state index in [4.69, 9.17) is 0 Å². The van der Waals surface area contributed by atoms with Crippen molar-refractivity contribution in [2.45, 2.75) is 24.7 Å². The predicted octanol–water partition coefficient (Wildman–Crippen LogP) is 4.59. The number of rotatable bonds is 5. The van der Waals surface area contributed by atoms with Crippen molar-refractivity contribution in [3.63, 3.8) is 0 Å². The molecule has 0 aliphatic carbocycles. The third-order valence-electron chi connectivity index (χ3n) is 3.08. The Labute approximate surface area is 119 Å². The van der Waals surface area contributed by atoms with Crippen LogP contribution in [0.5, 0.6) is 0 Å². The highest BCUT2D eigenvalue weighted by Crippen LogP contribution is 2.18. The van der Waals surface area contributed by atoms with Gasteiger partial charge in [-0.1, -0.05) is 31.5 Å². The van der Waals surface area contributed by atoms with Gasteiger partial charge in [-0.3, -0.25) is 4.79 Å². The van der Waals surface area contributed by atoms with Gasteiger partial charge in [0.25, 0.3) is 0 Å². The minimum absolute atomic E-state index is 0.102. The number of benzene rings is 2. The van der Waals surface area contributed by atoms with Gasteiger partial charge in [-0.15, -0.1) is 11.8 Å². The summed E-state index contributed by atoms with van der Waals surface area (Å²) in [7, 11) is 0. The molecule has 0 heterocycles. The van der Waals surface area contributed by atoms with Crippen LogP contribution < -0.4 is 0 Å². The van der Waals surface area contributed by atoms with Crippen molar-refractivity contribution in [1.82, 2.24) is 0 Å². The van der Waals surface area contributed by atoms with Crippen LogP contribution >= 0.6 is 11.8 Å². The van der Waals surface area contributed by atoms with Crippen molar-refractivity contribution in [3.8, 4) is 0 Å². The summed E-state index contributed by atoms with van der Waals surface area (Å²) in [6.45, 7) is 2.15. The van der Waals surface area contributed by atoms with Gasteiger partial charge in [0.05, 0.1) is 0 Å². The van der Waals surface area contributed by atoms with Crippen molar-refractivity contribution in [2.75, 3.05) is 6.26 Å². The van der Waals surface area contributed by atoms with Crippen LogP contribution in [0.1, 0.15) is 34.8 Å². The maximum absolute atomic E-state index is 12.4. The summed E-state index contributed by atoms with van der Waals surface area (Å²) in [6, 6.07) is 15.7. The van der Waals surface area contributed by atoms with Crippen molar-refractivity contribution >= 4 is 17.5 Å². The largest absolute Gasteiger partial charge is 0.289 e. The second-order valence-electron chi connectivity index (χ2n) is 4.51. The Morgan fingerprint density at radius 2 is 1.79 bits per heavy atom. The van der Waals surface area contributed by atoms with E-state index in [2.05, 4.69) is 13.0 Å². The Morgan fingerprint density at radius 1 is 1.05 bits per heavy atom. The normalized spacial score (nSPS) is 10.4. The number of carbonyl (C=O) groups is 1. The lowest BCUT2D eigenvalue weighted by Crippen LogP contribution is -2.01. The number of thioether (sulfide) groups is 1. The Bertz CT molecular complexity index is 558. The van der Waals surface area contributed by atoms with Crippen LogP contribution in [0.2, 0.25) is 0 Å². The van der Waals surface area contributed by atoms with Crippen LogP contribution in [0.3, 0.4) is 0 Å². The first-order valence-electron chi connectivity index (χ1n) is 6.52. The monoisotopic (exact) mass is 270 g/mol. The Hall–Kier alpha value is -1.54. The van der Waals surface area contributed by atoms with Gasteiger partial charge in [0.2, 0.25) is 0 Å². The third-order valence-corrected chi connectivity index (χ3v) is 3.82. The van der Waals surface area contributed by atoms with E-state index in [-0.39, 0.29) is 5.78 Å². The fraction of sp³-hybridized carbons (Fsp3) is 0.235. The topological polar surface area (TPSA) is 17.1 Å². The van der Waals surface area contributed by atoms with E-state index in [1.807, 2.05) is 48.7 Å². The van der Waals surface area contributed by atoms with Gasteiger partial charge < -0.3 is 0 Å². The first-order chi connectivity index (χ1) is 9.24. The summed E-state index contributed by atoms with van der Waals surface area (Å²) < 4.78 is 0. The summed E-state index contributed by atoms with van der Waals surface area (Å²) in [6.07, 6.45) is 4.15. The Kier molecular flexibility index (Phi) is 4.80. The molecule has 0 N–H and O–H groups in total. The summed E-state index contributed by atoms with van der Waals surface area (Å²) in [5.74, 6) is 0.102. The SMILES string of the molecule is CCCc1cccc(C(=O)c2ccc(SC)cc2)c1. The van der Waals surface area contributed by atoms with Crippen LogP contribution in [0, 0.1) is 0 Å². The van der Waals surface area contributed by atoms with Crippen molar-refractivity contribution < 1.29 is 4.79 Å². The summed E-state index contributed by atoms with van der Waals surface area (Å²) in [5, 5.41) is 0. The molecular weight excluding hydrogens is 252 g/mol. The molecule has 0 spiro atoms. The molecule has 2 rings (SSSR count). The fourth-order valence-electron chi connectivity index (χ4n) is 2.07. The maximum Gasteiger partial charge on any atom is 0.193 e. The van der Waals surface area contributed by atoms with Crippen LogP contribution in [-0.4, -0.2) is 12.0 Å². The van der Waals surface area contributed by atoms with E-state index in [9.17, 15) is 4.79 Å². The lowest BCUT2D eigenvalue weighted by molar-refractivity contribution is 0.103. The minimum Gasteiger partial charge on any atom is -0.289 e. The van der Waals surface area contributed by atoms with Gasteiger partial charge in [0, 0.05) is 16.0 Å². The molecule has 0 bridgehead atoms. The molecule has 2 aromatic rings. The molecule has 2 heteroatoms. The highest BCUT2D eigenvalue weighted by atomic mass is 32.2. The lowest BCUT2D eigenvalue weighted by Gasteiger charge is -2.05. The first-order valence-corrected chi connectivity index (χ1v) is 7.74. The zero-order valence-electron chi connectivity index (χ0n) is 11.3. The second-order valence-corrected chi connectivity index (χ2v) is 5.39. The molecule has 0 aliphatic heterocycles. The number of carbonyl (C=O) groups excluding carboxylic acids is 1. The zero-order valence-corrected chi connectivity index (χ0v) is 12.2. The fourth-order valence-corrected chi connectivity index (χ4v) is 2.47. The van der Waals surface area contributed by atoms with Gasteiger partial charge in [-0.25, -0.2) is 0 Å². The highest BCUT2D eigenvalue weighted by molar-refractivity contribution is 7.98. The summed E-state index contributed by atoms with van der Waals surface area (Å²) >= 11 is 1.68. The molecule has 0 aliphatic rings. The van der Waals surface area contributed by atoms with E-state index < -0.39 is 0 Å². The van der Waals surface area contributed by atoms with Gasteiger partial charge >= 0.3 is 0 Å². The molecule has 0 unspecified atom stereocenters. The zero-order chi connectivity index (χ0) is 13.7. The van der Waals surface area contributed by atoms with E-state index in [0.717, 1.165) is 24.0 Å². The number of hydrogen-bond donors (Lipinski definition) is 0. The van der Waals surface area contributed by atoms with Gasteiger partial charge in [0.1, 0.15) is 0 Å². The molecule has 19 heavy (non-hydrogen) atoms. The molecule has 0 saturated carbocycles. The van der Waals surface area contributed by atoms with E-state index in [0.29, 0.717) is 0 Å². The Balaban J connectivity index is 2.24. The first kappa shape index (κ1) is 13.9. The molecule has 1 nitrogen and oxygen atoms in total. The molecule has 0 amide bonds. The second kappa shape index (κ2) is 6.58. The summed E-state index contributed by atoms with van der Waals surface area (Å²) in [5.41, 5.74) is 2.77. The van der Waals surface area contributed by atoms with Crippen molar-refractivity contribution in [2.24, 2.45) is 0 Å². The minimum atomic E-state index is 0.102. The quantitative estimate of drug-likeness (QED) is 0.584. The average molecular weight is 270 g/mol. The number of hydrogen-bond acceptors (Lipinski definition) is 2. The highest BCUT2D eigenvalue weighted by Gasteiger charge is 2.09. The predicted molar refractivity (Wildman–Crippen MR) is 82.1 cm³/mol.